The molecule has 0 fully saturated rings. The maximum atomic E-state index is 13.6. The van der Waals surface area contributed by atoms with Crippen LogP contribution in [0.5, 0.6) is 5.75 Å². The zero-order valence-electron chi connectivity index (χ0n) is 22.2. The number of aliphatic hydroxyl groups is 1. The molecule has 0 bridgehead atoms. The van der Waals surface area contributed by atoms with Crippen LogP contribution in [0.3, 0.4) is 0 Å². The van der Waals surface area contributed by atoms with Gasteiger partial charge in [0, 0.05) is 43.2 Å². The molecule has 0 aliphatic carbocycles. The predicted molar refractivity (Wildman–Crippen MR) is 148 cm³/mol. The quantitative estimate of drug-likeness (QED) is 0.427. The summed E-state index contributed by atoms with van der Waals surface area (Å²) in [6, 6.07) is 16.5. The summed E-state index contributed by atoms with van der Waals surface area (Å²) in [5.74, 6) is -0.694. The van der Waals surface area contributed by atoms with E-state index >= 15 is 0 Å². The molecule has 1 aliphatic rings. The van der Waals surface area contributed by atoms with Gasteiger partial charge < -0.3 is 30.3 Å². The smallest absolute Gasteiger partial charge is 0.321 e. The van der Waals surface area contributed by atoms with Crippen LogP contribution in [0.4, 0.5) is 16.2 Å². The maximum absolute atomic E-state index is 13.6. The van der Waals surface area contributed by atoms with Crippen molar-refractivity contribution in [3.8, 4) is 5.75 Å². The minimum Gasteiger partial charge on any atom is -0.485 e. The molecule has 1 aromatic heterocycles. The van der Waals surface area contributed by atoms with Crippen molar-refractivity contribution in [2.45, 2.75) is 26.0 Å². The second kappa shape index (κ2) is 12.4. The largest absolute Gasteiger partial charge is 0.485 e. The van der Waals surface area contributed by atoms with E-state index in [1.54, 1.807) is 61.3 Å². The number of hydrogen-bond donors (Lipinski definition) is 3. The first-order chi connectivity index (χ1) is 18.8. The summed E-state index contributed by atoms with van der Waals surface area (Å²) in [4.78, 5) is 46.6. The first-order valence-corrected chi connectivity index (χ1v) is 12.8. The molecule has 3 atom stereocenters. The lowest BCUT2D eigenvalue weighted by Crippen LogP contribution is -2.50. The van der Waals surface area contributed by atoms with Gasteiger partial charge in [-0.1, -0.05) is 31.2 Å². The Morgan fingerprint density at radius 2 is 1.82 bits per heavy atom. The van der Waals surface area contributed by atoms with Gasteiger partial charge in [-0.2, -0.15) is 0 Å². The molecular formula is C29H33N5O5. The Labute approximate surface area is 227 Å². The second-order valence-electron chi connectivity index (χ2n) is 9.67. The molecule has 0 spiro atoms. The van der Waals surface area contributed by atoms with Crippen LogP contribution < -0.4 is 15.4 Å². The molecule has 2 aromatic carbocycles. The van der Waals surface area contributed by atoms with E-state index in [9.17, 15) is 19.5 Å². The monoisotopic (exact) mass is 531 g/mol. The maximum Gasteiger partial charge on any atom is 0.321 e. The van der Waals surface area contributed by atoms with Gasteiger partial charge in [0.25, 0.3) is 11.8 Å². The first kappa shape index (κ1) is 27.6. The molecule has 0 unspecified atom stereocenters. The molecule has 0 radical (unpaired) electrons. The highest BCUT2D eigenvalue weighted by Gasteiger charge is 2.35. The zero-order valence-corrected chi connectivity index (χ0v) is 22.2. The summed E-state index contributed by atoms with van der Waals surface area (Å²) >= 11 is 0. The zero-order chi connectivity index (χ0) is 27.9. The van der Waals surface area contributed by atoms with Crippen LogP contribution in [0.1, 0.15) is 34.6 Å². The average molecular weight is 532 g/mol. The molecule has 10 nitrogen and oxygen atoms in total. The van der Waals surface area contributed by atoms with E-state index in [-0.39, 0.29) is 48.2 Å². The van der Waals surface area contributed by atoms with Crippen molar-refractivity contribution in [3.63, 3.8) is 0 Å². The highest BCUT2D eigenvalue weighted by atomic mass is 16.5. The number of pyridine rings is 1. The Bertz CT molecular complexity index is 1300. The number of aliphatic hydroxyl groups excluding tert-OH is 1. The van der Waals surface area contributed by atoms with Crippen LogP contribution >= 0.6 is 0 Å². The number of rotatable bonds is 7. The van der Waals surface area contributed by atoms with Crippen molar-refractivity contribution in [2.24, 2.45) is 5.92 Å². The van der Waals surface area contributed by atoms with Crippen LogP contribution in [0, 0.1) is 5.92 Å². The van der Waals surface area contributed by atoms with Gasteiger partial charge in [-0.15, -0.1) is 0 Å². The number of urea groups is 1. The molecule has 1 aliphatic heterocycles. The van der Waals surface area contributed by atoms with Crippen LogP contribution in [0.15, 0.2) is 73.1 Å². The number of carbonyl (C=O) groups excluding carboxylic acids is 3. The number of nitrogens with one attached hydrogen (secondary N) is 2. The van der Waals surface area contributed by atoms with Gasteiger partial charge in [0.1, 0.15) is 6.10 Å². The Balaban J connectivity index is 1.65. The molecule has 4 amide bonds. The standard InChI is InChI=1S/C29H33N5O5/c1-19-16-34(20(2)18-35)28(37)23-10-7-11-24(32-27(36)21-12-14-30-15-13-21)26(23)39-25(19)17-33(3)29(38)31-22-8-5-4-6-9-22/h4-15,19-20,25,35H,16-18H2,1-3H3,(H,31,38)(H,32,36)/t19-,20-,25+/m0/s1. The fourth-order valence-corrected chi connectivity index (χ4v) is 4.35. The third-order valence-electron chi connectivity index (χ3n) is 6.71. The average Bonchev–Trinajstić information content (AvgIpc) is 2.95. The number of likely N-dealkylation sites (N-methyl/N-ethyl adjacent to an activating group) is 1. The van der Waals surface area contributed by atoms with Crippen molar-refractivity contribution in [2.75, 3.05) is 37.4 Å². The topological polar surface area (TPSA) is 124 Å². The van der Waals surface area contributed by atoms with Gasteiger partial charge in [0.15, 0.2) is 5.75 Å². The summed E-state index contributed by atoms with van der Waals surface area (Å²) < 4.78 is 6.46. The lowest BCUT2D eigenvalue weighted by Gasteiger charge is -2.38. The number of nitrogens with zero attached hydrogens (tertiary/aromatic N) is 3. The van der Waals surface area contributed by atoms with Gasteiger partial charge in [0.2, 0.25) is 0 Å². The molecule has 0 saturated heterocycles. The number of fused-ring (bicyclic) bond motifs is 1. The second-order valence-corrected chi connectivity index (χ2v) is 9.67. The van der Waals surface area contributed by atoms with Crippen molar-refractivity contribution >= 4 is 29.2 Å². The molecule has 4 rings (SSSR count). The SMILES string of the molecule is C[C@H]1CN([C@@H](C)CO)C(=O)c2cccc(NC(=O)c3ccncc3)c2O[C@@H]1CN(C)C(=O)Nc1ccccc1. The molecule has 3 aromatic rings. The Kier molecular flexibility index (Phi) is 8.77. The van der Waals surface area contributed by atoms with Crippen molar-refractivity contribution in [1.82, 2.24) is 14.8 Å². The first-order valence-electron chi connectivity index (χ1n) is 12.8. The minimum atomic E-state index is -0.532. The van der Waals surface area contributed by atoms with Crippen LogP contribution in [-0.4, -0.2) is 76.6 Å². The van der Waals surface area contributed by atoms with E-state index in [1.807, 2.05) is 25.1 Å². The number of para-hydroxylation sites is 2. The van der Waals surface area contributed by atoms with Crippen molar-refractivity contribution in [3.05, 3.63) is 84.2 Å². The Morgan fingerprint density at radius 1 is 1.10 bits per heavy atom. The van der Waals surface area contributed by atoms with E-state index in [0.717, 1.165) is 0 Å². The third-order valence-corrected chi connectivity index (χ3v) is 6.71. The number of aromatic nitrogens is 1. The Morgan fingerprint density at radius 3 is 2.51 bits per heavy atom. The summed E-state index contributed by atoms with van der Waals surface area (Å²) in [5, 5.41) is 15.6. The summed E-state index contributed by atoms with van der Waals surface area (Å²) in [6.45, 7) is 4.02. The molecule has 3 N–H and O–H groups in total. The van der Waals surface area contributed by atoms with Crippen LogP contribution in [0.25, 0.3) is 0 Å². The lowest BCUT2D eigenvalue weighted by atomic mass is 9.99. The third kappa shape index (κ3) is 6.53. The number of amides is 4. The number of carbonyl (C=O) groups is 3. The normalized spacial score (nSPS) is 17.6. The van der Waals surface area contributed by atoms with E-state index in [1.165, 1.54) is 17.3 Å². The molecule has 204 valence electrons. The van der Waals surface area contributed by atoms with Gasteiger partial charge in [-0.3, -0.25) is 14.6 Å². The fourth-order valence-electron chi connectivity index (χ4n) is 4.35. The van der Waals surface area contributed by atoms with Crippen LogP contribution in [0.2, 0.25) is 0 Å². The number of benzene rings is 2. The fraction of sp³-hybridized carbons (Fsp3) is 0.310. The number of hydrogen-bond acceptors (Lipinski definition) is 6. The molecule has 10 heteroatoms. The highest BCUT2D eigenvalue weighted by molar-refractivity contribution is 6.07. The Hall–Kier alpha value is -4.44. The molecule has 39 heavy (non-hydrogen) atoms. The predicted octanol–water partition coefficient (Wildman–Crippen LogP) is 3.72. The van der Waals surface area contributed by atoms with Gasteiger partial charge >= 0.3 is 6.03 Å². The van der Waals surface area contributed by atoms with E-state index in [2.05, 4.69) is 15.6 Å². The van der Waals surface area contributed by atoms with Gasteiger partial charge in [-0.25, -0.2) is 4.79 Å². The summed E-state index contributed by atoms with van der Waals surface area (Å²) in [7, 11) is 1.67. The summed E-state index contributed by atoms with van der Waals surface area (Å²) in [5.41, 5.74) is 1.66. The minimum absolute atomic E-state index is 0.210. The van der Waals surface area contributed by atoms with E-state index in [4.69, 9.17) is 4.74 Å². The number of anilines is 2. The molecular weight excluding hydrogens is 498 g/mol. The van der Waals surface area contributed by atoms with E-state index < -0.39 is 12.1 Å². The van der Waals surface area contributed by atoms with Crippen molar-refractivity contribution < 1.29 is 24.2 Å². The van der Waals surface area contributed by atoms with Gasteiger partial charge in [-0.05, 0) is 43.3 Å². The lowest BCUT2D eigenvalue weighted by molar-refractivity contribution is 0.0372. The van der Waals surface area contributed by atoms with Crippen LogP contribution in [-0.2, 0) is 0 Å². The van der Waals surface area contributed by atoms with Gasteiger partial charge in [0.05, 0.1) is 30.4 Å². The van der Waals surface area contributed by atoms with Crippen molar-refractivity contribution in [1.29, 1.82) is 0 Å². The number of ether oxygens (including phenoxy) is 1. The molecule has 0 saturated carbocycles. The highest BCUT2D eigenvalue weighted by Crippen LogP contribution is 2.35. The summed E-state index contributed by atoms with van der Waals surface area (Å²) in [6.07, 6.45) is 2.51. The molecule has 2 heterocycles. The van der Waals surface area contributed by atoms with E-state index in [0.29, 0.717) is 23.5 Å².